The van der Waals surface area contributed by atoms with E-state index in [1.54, 1.807) is 0 Å². The van der Waals surface area contributed by atoms with Crippen LogP contribution in [0.15, 0.2) is 0 Å². The summed E-state index contributed by atoms with van der Waals surface area (Å²) in [7, 11) is 0. The molecule has 4 heteroatoms. The van der Waals surface area contributed by atoms with E-state index >= 15 is 0 Å². The molecule has 0 spiro atoms. The summed E-state index contributed by atoms with van der Waals surface area (Å²) in [6.07, 6.45) is 5.31. The maximum absolute atomic E-state index is 5.46. The molecule has 0 aliphatic carbocycles. The minimum absolute atomic E-state index is 0.447. The molecule has 0 saturated carbocycles. The minimum Gasteiger partial charge on any atom is -0.379 e. The van der Waals surface area contributed by atoms with E-state index in [9.17, 15) is 0 Å². The minimum atomic E-state index is 0.447. The molecule has 2 fully saturated rings. The zero-order valence-corrected chi connectivity index (χ0v) is 18.4. The van der Waals surface area contributed by atoms with Crippen LogP contribution < -0.4 is 0 Å². The molecule has 2 aliphatic rings. The predicted molar refractivity (Wildman–Crippen MR) is 112 cm³/mol. The van der Waals surface area contributed by atoms with Crippen LogP contribution in [0.4, 0.5) is 0 Å². The summed E-state index contributed by atoms with van der Waals surface area (Å²) < 4.78 is 5.46. The first-order valence-electron chi connectivity index (χ1n) is 11.0. The quantitative estimate of drug-likeness (QED) is 0.620. The summed E-state index contributed by atoms with van der Waals surface area (Å²) >= 11 is 0. The van der Waals surface area contributed by atoms with E-state index in [0.717, 1.165) is 26.3 Å². The molecule has 0 aromatic heterocycles. The Morgan fingerprint density at radius 3 is 1.58 bits per heavy atom. The number of hydrogen-bond acceptors (Lipinski definition) is 4. The standard InChI is InChI=1S/C22H45N3O/c1-21(2,3)7-6-10-23-13-15-24(16-14-23)11-8-22(4,5)9-12-25-17-19-26-20-18-25/h6-20H2,1-5H3. The molecule has 0 bridgehead atoms. The van der Waals surface area contributed by atoms with Crippen LogP contribution in [-0.2, 0) is 4.74 Å². The van der Waals surface area contributed by atoms with E-state index in [0.29, 0.717) is 10.8 Å². The second-order valence-corrected chi connectivity index (χ2v) is 10.5. The Morgan fingerprint density at radius 2 is 1.08 bits per heavy atom. The number of piperazine rings is 1. The Balaban J connectivity index is 1.56. The highest BCUT2D eigenvalue weighted by Crippen LogP contribution is 2.26. The molecule has 0 unspecified atom stereocenters. The van der Waals surface area contributed by atoms with Crippen molar-refractivity contribution < 1.29 is 4.74 Å². The van der Waals surface area contributed by atoms with Crippen molar-refractivity contribution >= 4 is 0 Å². The topological polar surface area (TPSA) is 19.0 Å². The summed E-state index contributed by atoms with van der Waals surface area (Å²) in [4.78, 5) is 7.93. The number of ether oxygens (including phenoxy) is 1. The van der Waals surface area contributed by atoms with Crippen molar-refractivity contribution in [2.45, 2.75) is 60.3 Å². The van der Waals surface area contributed by atoms with E-state index in [1.165, 1.54) is 71.5 Å². The molecule has 2 rings (SSSR count). The third-order valence-electron chi connectivity index (χ3n) is 6.18. The van der Waals surface area contributed by atoms with Crippen molar-refractivity contribution in [1.82, 2.24) is 14.7 Å². The van der Waals surface area contributed by atoms with E-state index in [1.807, 2.05) is 0 Å². The normalized spacial score (nSPS) is 22.0. The predicted octanol–water partition coefficient (Wildman–Crippen LogP) is 3.57. The van der Waals surface area contributed by atoms with Gasteiger partial charge in [-0.25, -0.2) is 0 Å². The van der Waals surface area contributed by atoms with Crippen LogP contribution in [0.5, 0.6) is 0 Å². The van der Waals surface area contributed by atoms with Crippen molar-refractivity contribution in [3.63, 3.8) is 0 Å². The Morgan fingerprint density at radius 1 is 0.615 bits per heavy atom. The molecule has 4 nitrogen and oxygen atoms in total. The van der Waals surface area contributed by atoms with Gasteiger partial charge in [0, 0.05) is 39.3 Å². The van der Waals surface area contributed by atoms with Crippen LogP contribution in [0, 0.1) is 10.8 Å². The van der Waals surface area contributed by atoms with Gasteiger partial charge in [-0.2, -0.15) is 0 Å². The lowest BCUT2D eigenvalue weighted by Gasteiger charge is -2.37. The van der Waals surface area contributed by atoms with Crippen LogP contribution in [0.3, 0.4) is 0 Å². The summed E-state index contributed by atoms with van der Waals surface area (Å²) in [5.41, 5.74) is 0.927. The van der Waals surface area contributed by atoms with Crippen LogP contribution in [-0.4, -0.2) is 86.8 Å². The highest BCUT2D eigenvalue weighted by atomic mass is 16.5. The number of nitrogens with zero attached hydrogens (tertiary/aromatic N) is 3. The van der Waals surface area contributed by atoms with Crippen molar-refractivity contribution in [3.8, 4) is 0 Å². The van der Waals surface area contributed by atoms with Gasteiger partial charge in [-0.3, -0.25) is 4.90 Å². The maximum atomic E-state index is 5.46. The van der Waals surface area contributed by atoms with Gasteiger partial charge in [-0.05, 0) is 56.1 Å². The lowest BCUT2D eigenvalue weighted by molar-refractivity contribution is 0.0313. The van der Waals surface area contributed by atoms with Gasteiger partial charge in [-0.1, -0.05) is 34.6 Å². The highest BCUT2D eigenvalue weighted by molar-refractivity contribution is 4.77. The lowest BCUT2D eigenvalue weighted by atomic mass is 9.85. The Bertz CT molecular complexity index is 377. The first kappa shape index (κ1) is 22.1. The van der Waals surface area contributed by atoms with Crippen LogP contribution >= 0.6 is 0 Å². The molecule has 0 aromatic carbocycles. The van der Waals surface area contributed by atoms with Crippen molar-refractivity contribution in [3.05, 3.63) is 0 Å². The smallest absolute Gasteiger partial charge is 0.0594 e. The molecule has 154 valence electrons. The maximum Gasteiger partial charge on any atom is 0.0594 e. The first-order valence-corrected chi connectivity index (χ1v) is 11.0. The summed E-state index contributed by atoms with van der Waals surface area (Å²) in [5, 5.41) is 0. The average molecular weight is 368 g/mol. The summed E-state index contributed by atoms with van der Waals surface area (Å²) in [6, 6.07) is 0. The van der Waals surface area contributed by atoms with Crippen LogP contribution in [0.1, 0.15) is 60.3 Å². The monoisotopic (exact) mass is 367 g/mol. The number of hydrogen-bond donors (Lipinski definition) is 0. The van der Waals surface area contributed by atoms with Gasteiger partial charge in [-0.15, -0.1) is 0 Å². The molecule has 0 N–H and O–H groups in total. The zero-order valence-electron chi connectivity index (χ0n) is 18.4. The van der Waals surface area contributed by atoms with E-state index < -0.39 is 0 Å². The Hall–Kier alpha value is -0.160. The summed E-state index contributed by atoms with van der Waals surface area (Å²) in [5.74, 6) is 0. The van der Waals surface area contributed by atoms with Crippen LogP contribution in [0.25, 0.3) is 0 Å². The van der Waals surface area contributed by atoms with Gasteiger partial charge >= 0.3 is 0 Å². The second kappa shape index (κ2) is 10.4. The fraction of sp³-hybridized carbons (Fsp3) is 1.00. The third-order valence-corrected chi connectivity index (χ3v) is 6.18. The number of rotatable bonds is 9. The van der Waals surface area contributed by atoms with Gasteiger partial charge in [0.25, 0.3) is 0 Å². The molecule has 0 amide bonds. The molecule has 2 heterocycles. The summed E-state index contributed by atoms with van der Waals surface area (Å²) in [6.45, 7) is 24.9. The molecular formula is C22H45N3O. The van der Waals surface area contributed by atoms with Gasteiger partial charge < -0.3 is 14.5 Å². The van der Waals surface area contributed by atoms with Crippen molar-refractivity contribution in [2.24, 2.45) is 10.8 Å². The van der Waals surface area contributed by atoms with Crippen LogP contribution in [0.2, 0.25) is 0 Å². The molecule has 2 aliphatic heterocycles. The second-order valence-electron chi connectivity index (χ2n) is 10.5. The van der Waals surface area contributed by atoms with Crippen molar-refractivity contribution in [1.29, 1.82) is 0 Å². The molecule has 2 saturated heterocycles. The average Bonchev–Trinajstić information content (AvgIpc) is 2.59. The largest absolute Gasteiger partial charge is 0.379 e. The van der Waals surface area contributed by atoms with Gasteiger partial charge in [0.1, 0.15) is 0 Å². The highest BCUT2D eigenvalue weighted by Gasteiger charge is 2.23. The van der Waals surface area contributed by atoms with Gasteiger partial charge in [0.15, 0.2) is 0 Å². The molecular weight excluding hydrogens is 322 g/mol. The van der Waals surface area contributed by atoms with E-state index in [4.69, 9.17) is 4.74 Å². The Labute approximate surface area is 163 Å². The first-order chi connectivity index (χ1) is 12.2. The van der Waals surface area contributed by atoms with Gasteiger partial charge in [0.05, 0.1) is 13.2 Å². The number of morpholine rings is 1. The third kappa shape index (κ3) is 9.16. The fourth-order valence-corrected chi connectivity index (χ4v) is 3.94. The Kier molecular flexibility index (Phi) is 8.85. The molecule has 26 heavy (non-hydrogen) atoms. The lowest BCUT2D eigenvalue weighted by Crippen LogP contribution is -2.47. The molecule has 0 atom stereocenters. The van der Waals surface area contributed by atoms with E-state index in [-0.39, 0.29) is 0 Å². The fourth-order valence-electron chi connectivity index (χ4n) is 3.94. The molecule has 0 radical (unpaired) electrons. The van der Waals surface area contributed by atoms with Gasteiger partial charge in [0.2, 0.25) is 0 Å². The van der Waals surface area contributed by atoms with Crippen molar-refractivity contribution in [2.75, 3.05) is 72.1 Å². The molecule has 0 aromatic rings. The zero-order chi connectivity index (χ0) is 19.0. The SMILES string of the molecule is CC(C)(C)CCCN1CCN(CCC(C)(C)CCN2CCOCC2)CC1. The van der Waals surface area contributed by atoms with E-state index in [2.05, 4.69) is 49.3 Å².